The van der Waals surface area contributed by atoms with E-state index in [1.165, 1.54) is 7.11 Å². The average molecular weight is 428 g/mol. The highest BCUT2D eigenvalue weighted by Gasteiger charge is 2.77. The Bertz CT molecular complexity index is 984. The molecule has 0 N–H and O–H groups in total. The standard InChI is InChI=1S/C24H28O7/c1-12(25)16-7-8-17-14-6-5-13-9-18(28-2)19(29-3)10-15(13)20(14)23(21(26)30-4)11-24(16,17)31-22(23)27/h9-10,14,16-17,20H,5-8,11H2,1-4H3/t14-,16-,17-,20+,23+,24-/m0/s1. The first-order chi connectivity index (χ1) is 14.8. The number of esters is 2. The Balaban J connectivity index is 1.74. The van der Waals surface area contributed by atoms with Gasteiger partial charge in [-0.05, 0) is 61.8 Å². The Morgan fingerprint density at radius 3 is 2.42 bits per heavy atom. The molecular weight excluding hydrogens is 400 g/mol. The van der Waals surface area contributed by atoms with Crippen molar-refractivity contribution in [2.45, 2.75) is 50.5 Å². The molecule has 5 rings (SSSR count). The fourth-order valence-electron chi connectivity index (χ4n) is 7.35. The molecule has 31 heavy (non-hydrogen) atoms. The number of hydrogen-bond donors (Lipinski definition) is 0. The van der Waals surface area contributed by atoms with Gasteiger partial charge in [-0.3, -0.25) is 14.4 Å². The molecule has 1 aromatic carbocycles. The summed E-state index contributed by atoms with van der Waals surface area (Å²) in [6, 6.07) is 3.86. The van der Waals surface area contributed by atoms with E-state index >= 15 is 0 Å². The third-order valence-electron chi connectivity index (χ3n) is 8.43. The molecule has 1 aromatic rings. The van der Waals surface area contributed by atoms with Crippen LogP contribution < -0.4 is 9.47 Å². The molecule has 0 unspecified atom stereocenters. The molecule has 3 aliphatic carbocycles. The fourth-order valence-corrected chi connectivity index (χ4v) is 7.35. The molecular formula is C24H28O7. The molecule has 1 aliphatic heterocycles. The van der Waals surface area contributed by atoms with Gasteiger partial charge in [-0.15, -0.1) is 0 Å². The predicted octanol–water partition coefficient (Wildman–Crippen LogP) is 2.82. The van der Waals surface area contributed by atoms with Crippen LogP contribution in [0.2, 0.25) is 0 Å². The highest BCUT2D eigenvalue weighted by molar-refractivity contribution is 6.04. The number of fused-ring (bicyclic) bond motifs is 6. The molecule has 0 radical (unpaired) electrons. The van der Waals surface area contributed by atoms with Crippen molar-refractivity contribution in [1.82, 2.24) is 0 Å². The Hall–Kier alpha value is -2.57. The lowest BCUT2D eigenvalue weighted by molar-refractivity contribution is -0.165. The van der Waals surface area contributed by atoms with Crippen LogP contribution in [0.1, 0.15) is 49.7 Å². The zero-order valence-corrected chi connectivity index (χ0v) is 18.4. The summed E-state index contributed by atoms with van der Waals surface area (Å²) in [4.78, 5) is 39.3. The van der Waals surface area contributed by atoms with Gasteiger partial charge in [0.1, 0.15) is 11.4 Å². The van der Waals surface area contributed by atoms with Crippen LogP contribution in [0.5, 0.6) is 11.5 Å². The summed E-state index contributed by atoms with van der Waals surface area (Å²) in [6.45, 7) is 1.56. The summed E-state index contributed by atoms with van der Waals surface area (Å²) in [7, 11) is 4.48. The quantitative estimate of drug-likeness (QED) is 0.538. The maximum Gasteiger partial charge on any atom is 0.324 e. The second kappa shape index (κ2) is 6.71. The average Bonchev–Trinajstić information content (AvgIpc) is 3.27. The highest BCUT2D eigenvalue weighted by atomic mass is 16.6. The molecule has 7 heteroatoms. The van der Waals surface area contributed by atoms with Gasteiger partial charge in [0.2, 0.25) is 0 Å². The van der Waals surface area contributed by atoms with E-state index in [-0.39, 0.29) is 35.9 Å². The van der Waals surface area contributed by atoms with Crippen molar-refractivity contribution in [1.29, 1.82) is 0 Å². The van der Waals surface area contributed by atoms with E-state index < -0.39 is 23.0 Å². The third kappa shape index (κ3) is 2.37. The number of aryl methyl sites for hydroxylation is 1. The minimum Gasteiger partial charge on any atom is -0.493 e. The van der Waals surface area contributed by atoms with Crippen molar-refractivity contribution in [3.05, 3.63) is 23.3 Å². The Kier molecular flexibility index (Phi) is 4.40. The number of ketones is 1. The summed E-state index contributed by atoms with van der Waals surface area (Å²) < 4.78 is 22.3. The van der Waals surface area contributed by atoms with Gasteiger partial charge >= 0.3 is 11.9 Å². The Morgan fingerprint density at radius 2 is 1.77 bits per heavy atom. The van der Waals surface area contributed by atoms with Crippen LogP contribution >= 0.6 is 0 Å². The normalized spacial score (nSPS) is 37.2. The van der Waals surface area contributed by atoms with E-state index in [1.54, 1.807) is 21.1 Å². The van der Waals surface area contributed by atoms with E-state index in [2.05, 4.69) is 0 Å². The smallest absolute Gasteiger partial charge is 0.324 e. The summed E-state index contributed by atoms with van der Waals surface area (Å²) in [5.74, 6) is -0.528. The van der Waals surface area contributed by atoms with Crippen LogP contribution in [0.4, 0.5) is 0 Å². The second-order valence-electron chi connectivity index (χ2n) is 9.42. The first kappa shape index (κ1) is 20.3. The lowest BCUT2D eigenvalue weighted by Gasteiger charge is -2.50. The lowest BCUT2D eigenvalue weighted by Crippen LogP contribution is -2.56. The maximum atomic E-state index is 13.5. The van der Waals surface area contributed by atoms with Crippen LogP contribution in [0.15, 0.2) is 12.1 Å². The molecule has 1 saturated heterocycles. The van der Waals surface area contributed by atoms with Gasteiger partial charge in [0.25, 0.3) is 0 Å². The van der Waals surface area contributed by atoms with Gasteiger partial charge in [0.15, 0.2) is 16.9 Å². The van der Waals surface area contributed by atoms with Gasteiger partial charge < -0.3 is 18.9 Å². The molecule has 7 nitrogen and oxygen atoms in total. The summed E-state index contributed by atoms with van der Waals surface area (Å²) in [6.07, 6.45) is 3.33. The highest BCUT2D eigenvalue weighted by Crippen LogP contribution is 2.70. The van der Waals surface area contributed by atoms with Gasteiger partial charge in [0.05, 0.1) is 27.2 Å². The number of methoxy groups -OCH3 is 3. The molecule has 0 amide bonds. The van der Waals surface area contributed by atoms with Gasteiger partial charge in [0, 0.05) is 18.3 Å². The monoisotopic (exact) mass is 428 g/mol. The van der Waals surface area contributed by atoms with Crippen LogP contribution in [0, 0.1) is 23.2 Å². The van der Waals surface area contributed by atoms with E-state index in [9.17, 15) is 14.4 Å². The topological polar surface area (TPSA) is 88.1 Å². The first-order valence-corrected chi connectivity index (χ1v) is 10.9. The number of benzene rings is 1. The number of hydrogen-bond acceptors (Lipinski definition) is 7. The largest absolute Gasteiger partial charge is 0.493 e. The lowest BCUT2D eigenvalue weighted by atomic mass is 9.50. The van der Waals surface area contributed by atoms with Crippen molar-refractivity contribution in [2.75, 3.05) is 21.3 Å². The van der Waals surface area contributed by atoms with Crippen LogP contribution in [-0.4, -0.2) is 44.7 Å². The maximum absolute atomic E-state index is 13.5. The SMILES string of the molecule is COC(=O)[C@]12C[C@]3(OC1=O)[C@H](C(C)=O)CC[C@H]3[C@@H]1CCc3cc(OC)c(OC)cc3[C@@H]12. The molecule has 1 heterocycles. The van der Waals surface area contributed by atoms with Crippen LogP contribution in [-0.2, 0) is 30.3 Å². The van der Waals surface area contributed by atoms with E-state index in [1.807, 2.05) is 12.1 Å². The molecule has 1 spiro atoms. The van der Waals surface area contributed by atoms with E-state index in [0.29, 0.717) is 17.9 Å². The molecule has 166 valence electrons. The van der Waals surface area contributed by atoms with Crippen molar-refractivity contribution in [3.63, 3.8) is 0 Å². The zero-order valence-electron chi connectivity index (χ0n) is 18.4. The van der Waals surface area contributed by atoms with E-state index in [4.69, 9.17) is 18.9 Å². The number of rotatable bonds is 4. The number of carbonyl (C=O) groups excluding carboxylic acids is 3. The summed E-state index contributed by atoms with van der Waals surface area (Å²) in [5, 5.41) is 0. The van der Waals surface area contributed by atoms with Crippen LogP contribution in [0.25, 0.3) is 0 Å². The molecule has 2 saturated carbocycles. The number of carbonyl (C=O) groups is 3. The molecule has 0 aromatic heterocycles. The number of ether oxygens (including phenoxy) is 4. The van der Waals surface area contributed by atoms with Crippen molar-refractivity contribution in [2.24, 2.45) is 23.2 Å². The molecule has 4 aliphatic rings. The van der Waals surface area contributed by atoms with Crippen molar-refractivity contribution < 1.29 is 33.3 Å². The Morgan fingerprint density at radius 1 is 1.06 bits per heavy atom. The molecule has 6 atom stereocenters. The minimum atomic E-state index is -1.44. The Labute approximate surface area is 181 Å². The van der Waals surface area contributed by atoms with Crippen molar-refractivity contribution >= 4 is 17.7 Å². The summed E-state index contributed by atoms with van der Waals surface area (Å²) in [5.41, 5.74) is -0.358. The number of Topliss-reactive ketones (excluding diaryl/α,β-unsaturated/α-hetero) is 1. The van der Waals surface area contributed by atoms with E-state index in [0.717, 1.165) is 30.4 Å². The fraction of sp³-hybridized carbons (Fsp3) is 0.625. The predicted molar refractivity (Wildman–Crippen MR) is 109 cm³/mol. The van der Waals surface area contributed by atoms with Crippen LogP contribution in [0.3, 0.4) is 0 Å². The van der Waals surface area contributed by atoms with Gasteiger partial charge in [-0.2, -0.15) is 0 Å². The summed E-state index contributed by atoms with van der Waals surface area (Å²) >= 11 is 0. The molecule has 2 bridgehead atoms. The zero-order chi connectivity index (χ0) is 22.1. The van der Waals surface area contributed by atoms with Crippen molar-refractivity contribution in [3.8, 4) is 11.5 Å². The first-order valence-electron chi connectivity index (χ1n) is 10.9. The molecule has 3 fully saturated rings. The van der Waals surface area contributed by atoms with Gasteiger partial charge in [-0.1, -0.05) is 0 Å². The minimum absolute atomic E-state index is 0.0250. The third-order valence-corrected chi connectivity index (χ3v) is 8.43. The second-order valence-corrected chi connectivity index (χ2v) is 9.42. The van der Waals surface area contributed by atoms with Gasteiger partial charge in [-0.25, -0.2) is 0 Å².